The summed E-state index contributed by atoms with van der Waals surface area (Å²) in [6, 6.07) is 30.1. The third-order valence-electron chi connectivity index (χ3n) is 5.44. The van der Waals surface area contributed by atoms with Crippen molar-refractivity contribution in [2.24, 2.45) is 0 Å². The largest absolute Gasteiger partial charge is 0.374 e. The molecular weight excluding hydrogens is 400 g/mol. The Hall–Kier alpha value is -2.94. The Morgan fingerprint density at radius 1 is 0.656 bits per heavy atom. The summed E-state index contributed by atoms with van der Waals surface area (Å²) in [5.41, 5.74) is 3.27. The van der Waals surface area contributed by atoms with Gasteiger partial charge in [0.1, 0.15) is 24.4 Å². The average molecular weight is 429 g/mol. The van der Waals surface area contributed by atoms with Crippen LogP contribution in [0.2, 0.25) is 0 Å². The molecule has 1 aliphatic heterocycles. The maximum Gasteiger partial charge on any atom is 0.147 e. The van der Waals surface area contributed by atoms with E-state index in [1.54, 1.807) is 0 Å². The summed E-state index contributed by atoms with van der Waals surface area (Å²) in [5, 5.41) is 0. The second-order valence-electron chi connectivity index (χ2n) is 7.78. The van der Waals surface area contributed by atoms with Crippen molar-refractivity contribution in [2.75, 3.05) is 6.61 Å². The molecule has 0 spiro atoms. The van der Waals surface area contributed by atoms with E-state index in [2.05, 4.69) is 5.92 Å². The van der Waals surface area contributed by atoms with Gasteiger partial charge < -0.3 is 18.9 Å². The van der Waals surface area contributed by atoms with Crippen molar-refractivity contribution in [3.8, 4) is 12.3 Å². The highest BCUT2D eigenvalue weighted by Gasteiger charge is 2.45. The van der Waals surface area contributed by atoms with E-state index in [0.29, 0.717) is 26.4 Å². The quantitative estimate of drug-likeness (QED) is 0.436. The van der Waals surface area contributed by atoms with Gasteiger partial charge in [-0.1, -0.05) is 96.9 Å². The van der Waals surface area contributed by atoms with E-state index in [1.807, 2.05) is 91.0 Å². The number of hydrogen-bond donors (Lipinski definition) is 0. The highest BCUT2D eigenvalue weighted by Crippen LogP contribution is 2.29. The average Bonchev–Trinajstić information content (AvgIpc) is 3.19. The molecule has 0 aromatic heterocycles. The standard InChI is InChI=1S/C28H28O4/c1-2-25-27(30-19-23-14-8-4-9-15-23)28(31-20-24-16-10-5-11-17-24)26(32-25)21-29-18-22-12-6-3-7-13-22/h1,3-17,25-28H,18-21H2/t25-,26-,27+,28-/m1/s1. The summed E-state index contributed by atoms with van der Waals surface area (Å²) < 4.78 is 24.7. The molecule has 0 saturated carbocycles. The summed E-state index contributed by atoms with van der Waals surface area (Å²) in [7, 11) is 0. The first kappa shape index (κ1) is 22.3. The Kier molecular flexibility index (Phi) is 8.08. The minimum atomic E-state index is -0.496. The lowest BCUT2D eigenvalue weighted by Crippen LogP contribution is -2.38. The second-order valence-corrected chi connectivity index (χ2v) is 7.78. The third-order valence-corrected chi connectivity index (χ3v) is 5.44. The van der Waals surface area contributed by atoms with Gasteiger partial charge in [0.25, 0.3) is 0 Å². The van der Waals surface area contributed by atoms with Crippen molar-refractivity contribution in [1.29, 1.82) is 0 Å². The predicted octanol–water partition coefficient (Wildman–Crippen LogP) is 4.77. The van der Waals surface area contributed by atoms with E-state index in [0.717, 1.165) is 16.7 Å². The van der Waals surface area contributed by atoms with Gasteiger partial charge in [0.05, 0.1) is 26.4 Å². The minimum Gasteiger partial charge on any atom is -0.374 e. The molecule has 1 aliphatic rings. The number of rotatable bonds is 10. The fraction of sp³-hybridized carbons (Fsp3) is 0.286. The zero-order chi connectivity index (χ0) is 22.0. The summed E-state index contributed by atoms with van der Waals surface area (Å²) in [5.74, 6) is 2.73. The molecule has 4 atom stereocenters. The zero-order valence-electron chi connectivity index (χ0n) is 18.0. The molecule has 1 fully saturated rings. The van der Waals surface area contributed by atoms with Gasteiger partial charge in [-0.05, 0) is 16.7 Å². The van der Waals surface area contributed by atoms with Crippen LogP contribution < -0.4 is 0 Å². The fourth-order valence-electron chi connectivity index (χ4n) is 3.78. The Balaban J connectivity index is 1.43. The normalized spacial score (nSPS) is 22.5. The molecule has 4 nitrogen and oxygen atoms in total. The maximum absolute atomic E-state index is 6.31. The van der Waals surface area contributed by atoms with Crippen LogP contribution in [0.4, 0.5) is 0 Å². The van der Waals surface area contributed by atoms with Gasteiger partial charge in [-0.3, -0.25) is 0 Å². The van der Waals surface area contributed by atoms with Crippen LogP contribution in [0.25, 0.3) is 0 Å². The molecule has 1 heterocycles. The van der Waals surface area contributed by atoms with Crippen LogP contribution in [0.15, 0.2) is 91.0 Å². The molecule has 4 rings (SSSR count). The molecule has 1 saturated heterocycles. The van der Waals surface area contributed by atoms with Crippen LogP contribution in [-0.2, 0) is 38.8 Å². The molecule has 0 N–H and O–H groups in total. The number of hydrogen-bond acceptors (Lipinski definition) is 4. The van der Waals surface area contributed by atoms with Gasteiger partial charge >= 0.3 is 0 Å². The smallest absolute Gasteiger partial charge is 0.147 e. The van der Waals surface area contributed by atoms with E-state index < -0.39 is 6.10 Å². The van der Waals surface area contributed by atoms with Crippen molar-refractivity contribution < 1.29 is 18.9 Å². The van der Waals surface area contributed by atoms with Crippen molar-refractivity contribution in [3.63, 3.8) is 0 Å². The van der Waals surface area contributed by atoms with Gasteiger partial charge in [0.2, 0.25) is 0 Å². The Morgan fingerprint density at radius 2 is 1.12 bits per heavy atom. The maximum atomic E-state index is 6.31. The third kappa shape index (κ3) is 6.06. The summed E-state index contributed by atoms with van der Waals surface area (Å²) in [4.78, 5) is 0. The summed E-state index contributed by atoms with van der Waals surface area (Å²) in [6.45, 7) is 1.77. The first-order valence-corrected chi connectivity index (χ1v) is 10.9. The number of terminal acetylenes is 1. The Bertz CT molecular complexity index is 969. The molecule has 0 aliphatic carbocycles. The highest BCUT2D eigenvalue weighted by molar-refractivity contribution is 5.16. The van der Waals surface area contributed by atoms with E-state index in [-0.39, 0.29) is 18.3 Å². The molecule has 0 bridgehead atoms. The van der Waals surface area contributed by atoms with Crippen molar-refractivity contribution >= 4 is 0 Å². The second kappa shape index (κ2) is 11.6. The van der Waals surface area contributed by atoms with E-state index in [1.165, 1.54) is 0 Å². The van der Waals surface area contributed by atoms with Crippen LogP contribution in [0.1, 0.15) is 16.7 Å². The molecule has 0 radical (unpaired) electrons. The summed E-state index contributed by atoms with van der Waals surface area (Å²) >= 11 is 0. The predicted molar refractivity (Wildman–Crippen MR) is 124 cm³/mol. The van der Waals surface area contributed by atoms with Crippen LogP contribution in [0.3, 0.4) is 0 Å². The lowest BCUT2D eigenvalue weighted by Gasteiger charge is -2.24. The van der Waals surface area contributed by atoms with Crippen molar-refractivity contribution in [1.82, 2.24) is 0 Å². The molecule has 0 unspecified atom stereocenters. The fourth-order valence-corrected chi connectivity index (χ4v) is 3.78. The molecular formula is C28H28O4. The van der Waals surface area contributed by atoms with Gasteiger partial charge in [0.15, 0.2) is 0 Å². The molecule has 32 heavy (non-hydrogen) atoms. The lowest BCUT2D eigenvalue weighted by atomic mass is 10.1. The molecule has 3 aromatic rings. The molecule has 3 aromatic carbocycles. The van der Waals surface area contributed by atoms with Crippen molar-refractivity contribution in [3.05, 3.63) is 108 Å². The number of benzene rings is 3. The van der Waals surface area contributed by atoms with Crippen LogP contribution in [0, 0.1) is 12.3 Å². The Labute approximate surface area is 190 Å². The first-order chi connectivity index (χ1) is 15.8. The van der Waals surface area contributed by atoms with Gasteiger partial charge in [-0.15, -0.1) is 6.42 Å². The summed E-state index contributed by atoms with van der Waals surface area (Å²) in [6.07, 6.45) is 4.26. The van der Waals surface area contributed by atoms with Gasteiger partial charge in [0, 0.05) is 0 Å². The van der Waals surface area contributed by atoms with E-state index in [4.69, 9.17) is 25.4 Å². The van der Waals surface area contributed by atoms with Crippen LogP contribution >= 0.6 is 0 Å². The molecule has 164 valence electrons. The lowest BCUT2D eigenvalue weighted by molar-refractivity contribution is -0.0896. The van der Waals surface area contributed by atoms with E-state index >= 15 is 0 Å². The van der Waals surface area contributed by atoms with Crippen molar-refractivity contribution in [2.45, 2.75) is 44.2 Å². The van der Waals surface area contributed by atoms with Gasteiger partial charge in [-0.25, -0.2) is 0 Å². The molecule has 0 amide bonds. The minimum absolute atomic E-state index is 0.316. The van der Waals surface area contributed by atoms with Crippen LogP contribution in [-0.4, -0.2) is 31.0 Å². The highest BCUT2D eigenvalue weighted by atomic mass is 16.6. The zero-order valence-corrected chi connectivity index (χ0v) is 18.0. The number of ether oxygens (including phenoxy) is 4. The topological polar surface area (TPSA) is 36.9 Å². The van der Waals surface area contributed by atoms with Crippen LogP contribution in [0.5, 0.6) is 0 Å². The van der Waals surface area contributed by atoms with E-state index in [9.17, 15) is 0 Å². The monoisotopic (exact) mass is 428 g/mol. The SMILES string of the molecule is C#C[C@H]1O[C@H](COCc2ccccc2)[C@@H](OCc2ccccc2)[C@H]1OCc1ccccc1. The first-order valence-electron chi connectivity index (χ1n) is 10.9. The van der Waals surface area contributed by atoms with Gasteiger partial charge in [-0.2, -0.15) is 0 Å². The molecule has 4 heteroatoms. The Morgan fingerprint density at radius 3 is 1.62 bits per heavy atom.